The zero-order valence-electron chi connectivity index (χ0n) is 23.1. The standard InChI is InChI=1S/C29H28F5N3O6/c1-42-23-4-3-5-24(43-2)25(23)22(38)15-37(14-16-10-18(30)12-19(31)11-16)27(39)21(13-35)26(29(32,33)34)36-20-8-6-17(7-9-20)28(40)41/h3-5,8,10-13,17,21,35H,6-7,9,14-15H2,1-2H3,(H,40,41). The Kier molecular flexibility index (Phi) is 10.7. The number of ether oxygens (including phenoxy) is 2. The molecular weight excluding hydrogens is 581 g/mol. The average molecular weight is 610 g/mol. The molecule has 1 amide bonds. The molecule has 1 aliphatic carbocycles. The number of nitrogens with zero attached hydrogens (tertiary/aromatic N) is 2. The lowest BCUT2D eigenvalue weighted by molar-refractivity contribution is -0.142. The quantitative estimate of drug-likeness (QED) is 0.193. The first-order valence-corrected chi connectivity index (χ1v) is 12.8. The van der Waals surface area contributed by atoms with Crippen molar-refractivity contribution in [2.24, 2.45) is 16.8 Å². The number of nitrogens with one attached hydrogen (secondary N) is 1. The summed E-state index contributed by atoms with van der Waals surface area (Å²) in [4.78, 5) is 42.6. The van der Waals surface area contributed by atoms with Crippen molar-refractivity contribution in [2.75, 3.05) is 20.8 Å². The number of allylic oxidation sites excluding steroid dienone is 2. The highest BCUT2D eigenvalue weighted by Gasteiger charge is 2.45. The minimum atomic E-state index is -5.21. The van der Waals surface area contributed by atoms with Gasteiger partial charge >= 0.3 is 12.1 Å². The Morgan fingerprint density at radius 1 is 1.12 bits per heavy atom. The van der Waals surface area contributed by atoms with Crippen LogP contribution in [0.3, 0.4) is 0 Å². The summed E-state index contributed by atoms with van der Waals surface area (Å²) in [5.41, 5.74) is -2.08. The van der Waals surface area contributed by atoms with Gasteiger partial charge in [-0.2, -0.15) is 13.2 Å². The number of hydrogen-bond donors (Lipinski definition) is 2. The number of methoxy groups -OCH3 is 2. The number of carboxylic acids is 1. The summed E-state index contributed by atoms with van der Waals surface area (Å²) in [6, 6.07) is 6.62. The van der Waals surface area contributed by atoms with Crippen LogP contribution in [0, 0.1) is 28.9 Å². The van der Waals surface area contributed by atoms with Crippen LogP contribution in [0.5, 0.6) is 11.5 Å². The Hall–Kier alpha value is -4.62. The van der Waals surface area contributed by atoms with E-state index in [0.29, 0.717) is 11.0 Å². The Morgan fingerprint density at radius 2 is 1.72 bits per heavy atom. The molecule has 14 heteroatoms. The van der Waals surface area contributed by atoms with Crippen molar-refractivity contribution in [1.29, 1.82) is 5.41 Å². The fraction of sp³-hybridized carbons (Fsp3) is 0.345. The van der Waals surface area contributed by atoms with E-state index in [1.807, 2.05) is 0 Å². The number of alkyl halides is 3. The van der Waals surface area contributed by atoms with E-state index in [4.69, 9.17) is 20.0 Å². The molecule has 0 bridgehead atoms. The van der Waals surface area contributed by atoms with Crippen LogP contribution in [0.1, 0.15) is 35.2 Å². The molecule has 3 rings (SSSR count). The maximum atomic E-state index is 14.3. The van der Waals surface area contributed by atoms with Gasteiger partial charge in [-0.25, -0.2) is 8.78 Å². The third kappa shape index (κ3) is 8.23. The van der Waals surface area contributed by atoms with Crippen molar-refractivity contribution >= 4 is 29.6 Å². The van der Waals surface area contributed by atoms with Gasteiger partial charge in [-0.15, -0.1) is 0 Å². The zero-order valence-corrected chi connectivity index (χ0v) is 23.1. The molecule has 2 aromatic carbocycles. The number of carboxylic acid groups (broad SMARTS) is 1. The van der Waals surface area contributed by atoms with Crippen molar-refractivity contribution in [2.45, 2.75) is 32.0 Å². The van der Waals surface area contributed by atoms with Crippen molar-refractivity contribution in [3.8, 4) is 11.5 Å². The average Bonchev–Trinajstić information content (AvgIpc) is 2.95. The molecule has 2 unspecified atom stereocenters. The van der Waals surface area contributed by atoms with E-state index in [0.717, 1.165) is 12.1 Å². The number of Topliss-reactive ketones (excluding diaryl/α,β-unsaturated/α-hetero) is 1. The molecule has 0 saturated heterocycles. The summed E-state index contributed by atoms with van der Waals surface area (Å²) in [5.74, 6) is -8.44. The number of aliphatic imine (C=N–C) groups is 1. The molecule has 2 N–H and O–H groups in total. The first kappa shape index (κ1) is 32.9. The first-order valence-electron chi connectivity index (χ1n) is 12.8. The van der Waals surface area contributed by atoms with Crippen molar-refractivity contribution in [1.82, 2.24) is 4.90 Å². The molecule has 0 spiro atoms. The number of benzene rings is 2. The van der Waals surface area contributed by atoms with Gasteiger partial charge in [-0.3, -0.25) is 19.4 Å². The molecule has 2 atom stereocenters. The molecule has 0 radical (unpaired) electrons. The SMILES string of the molecule is COc1cccc(OC)c1C(=O)CN(Cc1cc(F)cc(F)c1)C(=O)C(C=N)C(=NC1=CCC(C(=O)O)CC1)C(F)(F)F. The highest BCUT2D eigenvalue weighted by Crippen LogP contribution is 2.31. The van der Waals surface area contributed by atoms with E-state index in [9.17, 15) is 36.3 Å². The molecule has 230 valence electrons. The highest BCUT2D eigenvalue weighted by molar-refractivity contribution is 6.18. The van der Waals surface area contributed by atoms with Gasteiger partial charge in [0.2, 0.25) is 5.91 Å². The lowest BCUT2D eigenvalue weighted by Crippen LogP contribution is -2.46. The van der Waals surface area contributed by atoms with Crippen molar-refractivity contribution in [3.05, 3.63) is 70.9 Å². The molecule has 1 aliphatic rings. The Balaban J connectivity index is 2.06. The van der Waals surface area contributed by atoms with Gasteiger partial charge in [0, 0.05) is 24.5 Å². The smallest absolute Gasteiger partial charge is 0.430 e. The number of aliphatic carboxylic acids is 1. The van der Waals surface area contributed by atoms with E-state index in [1.165, 1.54) is 38.5 Å². The number of halogens is 5. The van der Waals surface area contributed by atoms with Crippen LogP contribution >= 0.6 is 0 Å². The highest BCUT2D eigenvalue weighted by atomic mass is 19.4. The number of ketones is 1. The van der Waals surface area contributed by atoms with Gasteiger partial charge in [-0.1, -0.05) is 12.1 Å². The van der Waals surface area contributed by atoms with Crippen LogP contribution in [-0.2, 0) is 16.1 Å². The first-order chi connectivity index (χ1) is 20.3. The molecule has 0 aliphatic heterocycles. The molecule has 9 nitrogen and oxygen atoms in total. The van der Waals surface area contributed by atoms with E-state index in [2.05, 4.69) is 4.99 Å². The second-order valence-electron chi connectivity index (χ2n) is 9.58. The number of carbonyl (C=O) groups is 3. The molecule has 0 saturated carbocycles. The number of rotatable bonds is 12. The fourth-order valence-electron chi connectivity index (χ4n) is 4.59. The molecule has 2 aromatic rings. The van der Waals surface area contributed by atoms with Crippen LogP contribution in [0.2, 0.25) is 0 Å². The summed E-state index contributed by atoms with van der Waals surface area (Å²) in [6.45, 7) is -1.58. The molecule has 0 fully saturated rings. The van der Waals surface area contributed by atoms with Gasteiger partial charge in [-0.05, 0) is 49.1 Å². The van der Waals surface area contributed by atoms with Crippen molar-refractivity contribution < 1.29 is 50.9 Å². The molecule has 43 heavy (non-hydrogen) atoms. The monoisotopic (exact) mass is 609 g/mol. The second kappa shape index (κ2) is 14.0. The minimum absolute atomic E-state index is 0.0194. The normalized spacial score (nSPS) is 16.1. The lowest BCUT2D eigenvalue weighted by Gasteiger charge is -2.27. The van der Waals surface area contributed by atoms with Gasteiger partial charge in [0.1, 0.15) is 40.3 Å². The zero-order chi connectivity index (χ0) is 31.9. The second-order valence-corrected chi connectivity index (χ2v) is 9.58. The Labute approximate surface area is 243 Å². The maximum Gasteiger partial charge on any atom is 0.430 e. The predicted molar refractivity (Wildman–Crippen MR) is 144 cm³/mol. The summed E-state index contributed by atoms with van der Waals surface area (Å²) >= 11 is 0. The van der Waals surface area contributed by atoms with E-state index >= 15 is 0 Å². The van der Waals surface area contributed by atoms with Crippen LogP contribution in [0.15, 0.2) is 53.2 Å². The van der Waals surface area contributed by atoms with Crippen LogP contribution in [0.25, 0.3) is 0 Å². The van der Waals surface area contributed by atoms with Gasteiger partial charge in [0.25, 0.3) is 0 Å². The molecule has 0 aromatic heterocycles. The summed E-state index contributed by atoms with van der Waals surface area (Å²) in [5, 5.41) is 16.9. The third-order valence-electron chi connectivity index (χ3n) is 6.67. The van der Waals surface area contributed by atoms with Gasteiger partial charge < -0.3 is 24.9 Å². The summed E-state index contributed by atoms with van der Waals surface area (Å²) < 4.78 is 81.2. The fourth-order valence-corrected chi connectivity index (χ4v) is 4.59. The predicted octanol–water partition coefficient (Wildman–Crippen LogP) is 5.23. The Bertz CT molecular complexity index is 1410. The van der Waals surface area contributed by atoms with Crippen LogP contribution in [-0.4, -0.2) is 66.5 Å². The molecular formula is C29H28F5N3O6. The number of carbonyl (C=O) groups excluding carboxylic acids is 2. The van der Waals surface area contributed by atoms with Crippen molar-refractivity contribution in [3.63, 3.8) is 0 Å². The largest absolute Gasteiger partial charge is 0.496 e. The van der Waals surface area contributed by atoms with Gasteiger partial charge in [0.05, 0.1) is 26.7 Å². The van der Waals surface area contributed by atoms with Gasteiger partial charge in [0.15, 0.2) is 5.78 Å². The van der Waals surface area contributed by atoms with E-state index in [1.54, 1.807) is 0 Å². The Morgan fingerprint density at radius 3 is 2.19 bits per heavy atom. The van der Waals surface area contributed by atoms with E-state index < -0.39 is 66.1 Å². The van der Waals surface area contributed by atoms with E-state index in [-0.39, 0.29) is 53.8 Å². The number of hydrogen-bond acceptors (Lipinski definition) is 7. The number of amides is 1. The molecule has 0 heterocycles. The summed E-state index contributed by atoms with van der Waals surface area (Å²) in [7, 11) is 2.53. The minimum Gasteiger partial charge on any atom is -0.496 e. The third-order valence-corrected chi connectivity index (χ3v) is 6.67. The summed E-state index contributed by atoms with van der Waals surface area (Å²) in [6.07, 6.45) is -3.95. The maximum absolute atomic E-state index is 14.3. The van der Waals surface area contributed by atoms with Crippen LogP contribution in [0.4, 0.5) is 22.0 Å². The van der Waals surface area contributed by atoms with Crippen LogP contribution < -0.4 is 9.47 Å². The lowest BCUT2D eigenvalue weighted by atomic mass is 9.92. The topological polar surface area (TPSA) is 129 Å².